The van der Waals surface area contributed by atoms with E-state index in [0.29, 0.717) is 30.6 Å². The van der Waals surface area contributed by atoms with Gasteiger partial charge in [0.15, 0.2) is 11.7 Å². The van der Waals surface area contributed by atoms with Gasteiger partial charge in [0.2, 0.25) is 0 Å². The second-order valence-electron chi connectivity index (χ2n) is 7.19. The molecule has 8 heteroatoms. The molecule has 0 saturated carbocycles. The van der Waals surface area contributed by atoms with Gasteiger partial charge in [-0.05, 0) is 24.5 Å². The van der Waals surface area contributed by atoms with E-state index in [-0.39, 0.29) is 11.4 Å². The largest absolute Gasteiger partial charge is 0.490 e. The lowest BCUT2D eigenvalue weighted by Crippen LogP contribution is -2.41. The fourth-order valence-corrected chi connectivity index (χ4v) is 4.63. The van der Waals surface area contributed by atoms with Gasteiger partial charge in [-0.3, -0.25) is 15.1 Å². The Kier molecular flexibility index (Phi) is 4.44. The van der Waals surface area contributed by atoms with Crippen LogP contribution in [0.5, 0.6) is 5.75 Å². The zero-order valence-electron chi connectivity index (χ0n) is 15.1. The summed E-state index contributed by atoms with van der Waals surface area (Å²) in [6.07, 6.45) is 3.19. The number of nitro benzene ring substituents is 1. The number of methoxy groups -OCH3 is 1. The Bertz CT molecular complexity index is 720. The van der Waals surface area contributed by atoms with E-state index in [2.05, 4.69) is 15.2 Å². The second-order valence-corrected chi connectivity index (χ2v) is 7.19. The number of likely N-dealkylation sites (tertiary alicyclic amines) is 1. The lowest BCUT2D eigenvalue weighted by molar-refractivity contribution is -0.385. The van der Waals surface area contributed by atoms with Crippen molar-refractivity contribution in [2.45, 2.75) is 31.6 Å². The van der Waals surface area contributed by atoms with Crippen LogP contribution in [-0.2, 0) is 11.3 Å². The highest BCUT2D eigenvalue weighted by Gasteiger charge is 2.53. The highest BCUT2D eigenvalue weighted by molar-refractivity contribution is 5.80. The van der Waals surface area contributed by atoms with Crippen LogP contribution in [0, 0.1) is 22.0 Å². The molecule has 1 aromatic carbocycles. The number of guanidine groups is 1. The van der Waals surface area contributed by atoms with Crippen molar-refractivity contribution < 1.29 is 14.4 Å². The zero-order valence-corrected chi connectivity index (χ0v) is 15.1. The molecule has 3 heterocycles. The Labute approximate surface area is 152 Å². The molecule has 1 N–H and O–H groups in total. The third-order valence-corrected chi connectivity index (χ3v) is 5.85. The summed E-state index contributed by atoms with van der Waals surface area (Å²) in [7, 11) is 3.21. The monoisotopic (exact) mass is 360 g/mol. The second kappa shape index (κ2) is 6.75. The highest BCUT2D eigenvalue weighted by atomic mass is 16.6. The molecule has 0 aromatic heterocycles. The highest BCUT2D eigenvalue weighted by Crippen LogP contribution is 2.47. The Balaban J connectivity index is 1.41. The lowest BCUT2D eigenvalue weighted by atomic mass is 9.82. The van der Waals surface area contributed by atoms with E-state index in [9.17, 15) is 10.1 Å². The van der Waals surface area contributed by atoms with Crippen molar-refractivity contribution in [3.63, 3.8) is 0 Å². The van der Waals surface area contributed by atoms with Crippen LogP contribution in [-0.4, -0.2) is 55.2 Å². The van der Waals surface area contributed by atoms with Crippen LogP contribution in [0.25, 0.3) is 0 Å². The normalized spacial score (nSPS) is 29.8. The van der Waals surface area contributed by atoms with Crippen molar-refractivity contribution in [2.24, 2.45) is 16.8 Å². The standard InChI is InChI=1S/C18H24N4O4/c1-19-18(21-9-12-13(10-21)16-6-5-15(12)26-16)20-8-11-3-4-17(25-2)14(7-11)22(23)24/h3-4,7,12-13,15-16H,5-6,8-10H2,1-2H3,(H,19,20). The molecule has 3 fully saturated rings. The molecule has 4 rings (SSSR count). The van der Waals surface area contributed by atoms with Crippen LogP contribution < -0.4 is 10.1 Å². The van der Waals surface area contributed by atoms with Crippen molar-refractivity contribution in [3.8, 4) is 5.75 Å². The predicted molar refractivity (Wildman–Crippen MR) is 96.3 cm³/mol. The van der Waals surface area contributed by atoms with Gasteiger partial charge in [-0.1, -0.05) is 6.07 Å². The van der Waals surface area contributed by atoms with Gasteiger partial charge in [0.1, 0.15) is 0 Å². The van der Waals surface area contributed by atoms with Crippen molar-refractivity contribution in [1.29, 1.82) is 0 Å². The quantitative estimate of drug-likeness (QED) is 0.381. The van der Waals surface area contributed by atoms with Crippen molar-refractivity contribution in [2.75, 3.05) is 27.2 Å². The first kappa shape index (κ1) is 17.1. The van der Waals surface area contributed by atoms with E-state index in [1.165, 1.54) is 20.0 Å². The molecular weight excluding hydrogens is 336 g/mol. The third kappa shape index (κ3) is 2.88. The van der Waals surface area contributed by atoms with Crippen LogP contribution in [0.3, 0.4) is 0 Å². The van der Waals surface area contributed by atoms with E-state index in [1.54, 1.807) is 19.2 Å². The van der Waals surface area contributed by atoms with Crippen LogP contribution in [0.15, 0.2) is 23.2 Å². The molecule has 0 spiro atoms. The van der Waals surface area contributed by atoms with E-state index < -0.39 is 4.92 Å². The number of ether oxygens (including phenoxy) is 2. The van der Waals surface area contributed by atoms with Gasteiger partial charge in [0.25, 0.3) is 0 Å². The summed E-state index contributed by atoms with van der Waals surface area (Å²) in [5, 5.41) is 14.5. The minimum Gasteiger partial charge on any atom is -0.490 e. The van der Waals surface area contributed by atoms with Crippen molar-refractivity contribution in [3.05, 3.63) is 33.9 Å². The van der Waals surface area contributed by atoms with Crippen LogP contribution in [0.1, 0.15) is 18.4 Å². The molecule has 4 unspecified atom stereocenters. The number of hydrogen-bond acceptors (Lipinski definition) is 5. The first-order valence-electron chi connectivity index (χ1n) is 9.03. The first-order valence-corrected chi connectivity index (χ1v) is 9.03. The summed E-state index contributed by atoms with van der Waals surface area (Å²) in [5.41, 5.74) is 0.799. The molecule has 140 valence electrons. The molecule has 3 aliphatic rings. The summed E-state index contributed by atoms with van der Waals surface area (Å²) in [6, 6.07) is 5.01. The number of aliphatic imine (C=N–C) groups is 1. The Morgan fingerprint density at radius 3 is 2.65 bits per heavy atom. The molecular formula is C18H24N4O4. The molecule has 26 heavy (non-hydrogen) atoms. The molecule has 0 radical (unpaired) electrons. The van der Waals surface area contributed by atoms with Gasteiger partial charge >= 0.3 is 5.69 Å². The Morgan fingerprint density at radius 1 is 1.38 bits per heavy atom. The molecule has 3 saturated heterocycles. The van der Waals surface area contributed by atoms with Crippen LogP contribution in [0.2, 0.25) is 0 Å². The van der Waals surface area contributed by atoms with E-state index in [0.717, 1.165) is 24.6 Å². The van der Waals surface area contributed by atoms with Gasteiger partial charge < -0.3 is 19.7 Å². The van der Waals surface area contributed by atoms with Crippen LogP contribution in [0.4, 0.5) is 5.69 Å². The summed E-state index contributed by atoms with van der Waals surface area (Å²) in [5.74, 6) is 2.33. The van der Waals surface area contributed by atoms with Crippen molar-refractivity contribution >= 4 is 11.6 Å². The Hall–Kier alpha value is -2.35. The SMILES string of the molecule is CN=C(NCc1ccc(OC)c([N+](=O)[O-])c1)N1CC2C3CCC(O3)C2C1. The van der Waals surface area contributed by atoms with Crippen LogP contribution >= 0.6 is 0 Å². The van der Waals surface area contributed by atoms with Gasteiger partial charge in [-0.2, -0.15) is 0 Å². The molecule has 0 amide bonds. The van der Waals surface area contributed by atoms with Gasteiger partial charge in [0.05, 0.1) is 24.2 Å². The molecule has 4 atom stereocenters. The van der Waals surface area contributed by atoms with Gasteiger partial charge in [0, 0.05) is 44.6 Å². The average molecular weight is 360 g/mol. The number of rotatable bonds is 4. The maximum Gasteiger partial charge on any atom is 0.311 e. The molecule has 0 aliphatic carbocycles. The number of hydrogen-bond donors (Lipinski definition) is 1. The topological polar surface area (TPSA) is 89.2 Å². The fraction of sp³-hybridized carbons (Fsp3) is 0.611. The van der Waals surface area contributed by atoms with Crippen molar-refractivity contribution in [1.82, 2.24) is 10.2 Å². The molecule has 2 bridgehead atoms. The van der Waals surface area contributed by atoms with Gasteiger partial charge in [-0.15, -0.1) is 0 Å². The number of nitro groups is 1. The van der Waals surface area contributed by atoms with E-state index in [4.69, 9.17) is 9.47 Å². The third-order valence-electron chi connectivity index (χ3n) is 5.85. The molecule has 3 aliphatic heterocycles. The number of nitrogens with one attached hydrogen (secondary N) is 1. The maximum atomic E-state index is 11.2. The zero-order chi connectivity index (χ0) is 18.3. The smallest absolute Gasteiger partial charge is 0.311 e. The molecule has 1 aromatic rings. The number of fused-ring (bicyclic) bond motifs is 5. The van der Waals surface area contributed by atoms with E-state index >= 15 is 0 Å². The lowest BCUT2D eigenvalue weighted by Gasteiger charge is -2.23. The maximum absolute atomic E-state index is 11.2. The van der Waals surface area contributed by atoms with E-state index in [1.807, 2.05) is 6.07 Å². The number of nitrogens with zero attached hydrogens (tertiary/aromatic N) is 3. The first-order chi connectivity index (χ1) is 12.6. The summed E-state index contributed by atoms with van der Waals surface area (Å²) >= 11 is 0. The summed E-state index contributed by atoms with van der Waals surface area (Å²) < 4.78 is 11.1. The fourth-order valence-electron chi connectivity index (χ4n) is 4.63. The summed E-state index contributed by atoms with van der Waals surface area (Å²) in [6.45, 7) is 2.41. The minimum atomic E-state index is -0.422. The van der Waals surface area contributed by atoms with Gasteiger partial charge in [-0.25, -0.2) is 0 Å². The average Bonchev–Trinajstić information content (AvgIpc) is 3.35. The minimum absolute atomic E-state index is 0.0220. The Morgan fingerprint density at radius 2 is 2.08 bits per heavy atom. The predicted octanol–water partition coefficient (Wildman–Crippen LogP) is 1.79. The molecule has 8 nitrogen and oxygen atoms in total. The number of benzene rings is 1. The summed E-state index contributed by atoms with van der Waals surface area (Å²) in [4.78, 5) is 17.5.